The molecule has 29 heavy (non-hydrogen) atoms. The van der Waals surface area contributed by atoms with Crippen LogP contribution in [0.4, 0.5) is 10.5 Å². The summed E-state index contributed by atoms with van der Waals surface area (Å²) in [6, 6.07) is 2.20. The summed E-state index contributed by atoms with van der Waals surface area (Å²) >= 11 is 6.21. The highest BCUT2D eigenvalue weighted by atomic mass is 35.5. The molecule has 3 rings (SSSR count). The van der Waals surface area contributed by atoms with Gasteiger partial charge in [0.1, 0.15) is 4.90 Å². The van der Waals surface area contributed by atoms with Gasteiger partial charge in [0, 0.05) is 13.2 Å². The molecule has 2 amide bonds. The lowest BCUT2D eigenvalue weighted by atomic mass is 9.96. The van der Waals surface area contributed by atoms with Crippen molar-refractivity contribution in [1.29, 1.82) is 0 Å². The van der Waals surface area contributed by atoms with E-state index in [0.717, 1.165) is 18.4 Å². The molecule has 1 aromatic carbocycles. The molecule has 3 N–H and O–H groups in total. The summed E-state index contributed by atoms with van der Waals surface area (Å²) in [5.41, 5.74) is 1.08. The van der Waals surface area contributed by atoms with Crippen LogP contribution in [0.25, 0.3) is 0 Å². The van der Waals surface area contributed by atoms with E-state index in [1.54, 1.807) is 6.92 Å². The average molecular weight is 443 g/mol. The van der Waals surface area contributed by atoms with Crippen LogP contribution in [0.5, 0.6) is 5.75 Å². The van der Waals surface area contributed by atoms with Crippen molar-refractivity contribution in [2.24, 2.45) is 0 Å². The highest BCUT2D eigenvalue weighted by Gasteiger charge is 2.46. The van der Waals surface area contributed by atoms with Gasteiger partial charge in [-0.05, 0) is 51.2 Å². The molecule has 160 valence electrons. The van der Waals surface area contributed by atoms with Gasteiger partial charge in [-0.2, -0.15) is 0 Å². The minimum atomic E-state index is -3.97. The number of urea groups is 1. The van der Waals surface area contributed by atoms with Crippen LogP contribution in [0.2, 0.25) is 5.02 Å². The topological polar surface area (TPSA) is 105 Å². The standard InChI is InChI=1S/C20H27ClN2O5S/c1-3-20(9-11-28-12-10-20)29(26,27)18-14(21)7-8-16(17(18)24)23-19(25)22-15-6-4-5-13(15)2/h5,7-8,15,24H,3-4,6,9-12H2,1-2H3,(H2,22,23,25)/t15-/m1/s1. The fraction of sp³-hybridized carbons (Fsp3) is 0.550. The number of anilines is 1. The first-order chi connectivity index (χ1) is 13.7. The molecule has 1 aromatic rings. The minimum absolute atomic E-state index is 0.00316. The second-order valence-corrected chi connectivity index (χ2v) is 10.3. The minimum Gasteiger partial charge on any atom is -0.504 e. The van der Waals surface area contributed by atoms with E-state index < -0.39 is 26.4 Å². The Bertz CT molecular complexity index is 923. The zero-order valence-corrected chi connectivity index (χ0v) is 18.2. The molecule has 1 fully saturated rings. The molecule has 1 heterocycles. The second kappa shape index (κ2) is 8.53. The Morgan fingerprint density at radius 1 is 1.34 bits per heavy atom. The van der Waals surface area contributed by atoms with Gasteiger partial charge in [-0.15, -0.1) is 0 Å². The zero-order valence-electron chi connectivity index (χ0n) is 16.6. The second-order valence-electron chi connectivity index (χ2n) is 7.60. The number of amides is 2. The molecule has 1 atom stereocenters. The molecule has 0 spiro atoms. The Balaban J connectivity index is 1.90. The predicted molar refractivity (Wildman–Crippen MR) is 112 cm³/mol. The largest absolute Gasteiger partial charge is 0.504 e. The summed E-state index contributed by atoms with van der Waals surface area (Å²) in [6.45, 7) is 4.42. The molecule has 1 aliphatic heterocycles. The van der Waals surface area contributed by atoms with Crippen molar-refractivity contribution < 1.29 is 23.1 Å². The van der Waals surface area contributed by atoms with Gasteiger partial charge in [0.05, 0.1) is 21.5 Å². The number of benzene rings is 1. The highest BCUT2D eigenvalue weighted by Crippen LogP contribution is 2.45. The first kappa shape index (κ1) is 21.9. The normalized spacial score (nSPS) is 21.5. The maximum atomic E-state index is 13.5. The first-order valence-electron chi connectivity index (χ1n) is 9.80. The maximum absolute atomic E-state index is 13.5. The summed E-state index contributed by atoms with van der Waals surface area (Å²) in [4.78, 5) is 12.0. The van der Waals surface area contributed by atoms with Crippen molar-refractivity contribution in [2.45, 2.75) is 61.6 Å². The van der Waals surface area contributed by atoms with Crippen LogP contribution in [-0.2, 0) is 14.6 Å². The summed E-state index contributed by atoms with van der Waals surface area (Å²) in [6.07, 6.45) is 4.80. The van der Waals surface area contributed by atoms with Crippen LogP contribution in [0.3, 0.4) is 0 Å². The lowest BCUT2D eigenvalue weighted by Crippen LogP contribution is -2.43. The molecule has 1 aliphatic carbocycles. The predicted octanol–water partition coefficient (Wildman–Crippen LogP) is 4.01. The SMILES string of the molecule is CCC1(S(=O)(=O)c2c(Cl)ccc(NC(=O)N[C@@H]3CCC=C3C)c2O)CCOCC1. The number of phenols is 1. The summed E-state index contributed by atoms with van der Waals surface area (Å²) in [7, 11) is -3.97. The molecule has 0 radical (unpaired) electrons. The van der Waals surface area contributed by atoms with Crippen molar-refractivity contribution in [2.75, 3.05) is 18.5 Å². The monoisotopic (exact) mass is 442 g/mol. The van der Waals surface area contributed by atoms with Crippen molar-refractivity contribution in [3.05, 3.63) is 28.8 Å². The van der Waals surface area contributed by atoms with E-state index >= 15 is 0 Å². The van der Waals surface area contributed by atoms with E-state index in [1.807, 2.05) is 6.92 Å². The van der Waals surface area contributed by atoms with Gasteiger partial charge in [0.25, 0.3) is 0 Å². The molecule has 1 saturated heterocycles. The van der Waals surface area contributed by atoms with Gasteiger partial charge in [-0.3, -0.25) is 0 Å². The van der Waals surface area contributed by atoms with E-state index in [-0.39, 0.29) is 21.6 Å². The molecular weight excluding hydrogens is 416 g/mol. The number of carbonyl (C=O) groups excluding carboxylic acids is 1. The number of hydrogen-bond donors (Lipinski definition) is 3. The van der Waals surface area contributed by atoms with Gasteiger partial charge in [0.2, 0.25) is 0 Å². The van der Waals surface area contributed by atoms with Gasteiger partial charge < -0.3 is 20.5 Å². The Hall–Kier alpha value is -1.77. The molecular formula is C20H27ClN2O5S. The summed E-state index contributed by atoms with van der Waals surface area (Å²) in [5.74, 6) is -0.536. The van der Waals surface area contributed by atoms with E-state index in [9.17, 15) is 18.3 Å². The number of carbonyl (C=O) groups is 1. The Kier molecular flexibility index (Phi) is 6.45. The van der Waals surface area contributed by atoms with E-state index in [4.69, 9.17) is 16.3 Å². The van der Waals surface area contributed by atoms with E-state index in [2.05, 4.69) is 16.7 Å². The zero-order chi connectivity index (χ0) is 21.2. The van der Waals surface area contributed by atoms with Gasteiger partial charge >= 0.3 is 6.03 Å². The van der Waals surface area contributed by atoms with Crippen LogP contribution in [0, 0.1) is 0 Å². The number of allylic oxidation sites excluding steroid dienone is 1. The molecule has 0 bridgehead atoms. The number of rotatable bonds is 5. The van der Waals surface area contributed by atoms with Crippen molar-refractivity contribution >= 4 is 33.2 Å². The highest BCUT2D eigenvalue weighted by molar-refractivity contribution is 7.93. The smallest absolute Gasteiger partial charge is 0.319 e. The third-order valence-corrected chi connectivity index (χ3v) is 9.21. The van der Waals surface area contributed by atoms with Crippen LogP contribution in [-0.4, -0.2) is 43.6 Å². The molecule has 0 saturated carbocycles. The first-order valence-corrected chi connectivity index (χ1v) is 11.7. The van der Waals surface area contributed by atoms with Crippen LogP contribution >= 0.6 is 11.6 Å². The number of sulfone groups is 1. The number of ether oxygens (including phenoxy) is 1. The van der Waals surface area contributed by atoms with Crippen molar-refractivity contribution in [3.8, 4) is 5.75 Å². The maximum Gasteiger partial charge on any atom is 0.319 e. The number of aromatic hydroxyl groups is 1. The Morgan fingerprint density at radius 3 is 2.62 bits per heavy atom. The fourth-order valence-corrected chi connectivity index (χ4v) is 6.69. The lowest BCUT2D eigenvalue weighted by molar-refractivity contribution is 0.0735. The average Bonchev–Trinajstić information content (AvgIpc) is 3.09. The van der Waals surface area contributed by atoms with Crippen LogP contribution < -0.4 is 10.6 Å². The quantitative estimate of drug-likeness (QED) is 0.472. The number of halogens is 1. The Labute approximate surface area is 176 Å². The third kappa shape index (κ3) is 4.11. The number of phenolic OH excluding ortho intramolecular Hbond substituents is 1. The van der Waals surface area contributed by atoms with Crippen molar-refractivity contribution in [1.82, 2.24) is 5.32 Å². The lowest BCUT2D eigenvalue weighted by Gasteiger charge is -2.36. The van der Waals surface area contributed by atoms with Crippen molar-refractivity contribution in [3.63, 3.8) is 0 Å². The third-order valence-electron chi connectivity index (χ3n) is 6.00. The van der Waals surface area contributed by atoms with Gasteiger partial charge in [-0.1, -0.05) is 30.2 Å². The van der Waals surface area contributed by atoms with E-state index in [0.29, 0.717) is 32.5 Å². The summed E-state index contributed by atoms with van der Waals surface area (Å²) in [5, 5.41) is 16.1. The van der Waals surface area contributed by atoms with Gasteiger partial charge in [0.15, 0.2) is 15.6 Å². The van der Waals surface area contributed by atoms with E-state index in [1.165, 1.54) is 12.1 Å². The molecule has 7 nitrogen and oxygen atoms in total. The van der Waals surface area contributed by atoms with Gasteiger partial charge in [-0.25, -0.2) is 13.2 Å². The Morgan fingerprint density at radius 2 is 2.03 bits per heavy atom. The number of hydrogen-bond acceptors (Lipinski definition) is 5. The van der Waals surface area contributed by atoms with Crippen LogP contribution in [0.15, 0.2) is 28.7 Å². The molecule has 0 aromatic heterocycles. The summed E-state index contributed by atoms with van der Waals surface area (Å²) < 4.78 is 31.3. The fourth-order valence-electron chi connectivity index (χ4n) is 4.03. The molecule has 2 aliphatic rings. The molecule has 9 heteroatoms. The molecule has 0 unspecified atom stereocenters. The van der Waals surface area contributed by atoms with Crippen LogP contribution in [0.1, 0.15) is 46.0 Å². The number of nitrogens with one attached hydrogen (secondary N) is 2.